The van der Waals surface area contributed by atoms with Crippen LogP contribution in [0.2, 0.25) is 0 Å². The van der Waals surface area contributed by atoms with Gasteiger partial charge < -0.3 is 10.1 Å². The van der Waals surface area contributed by atoms with Gasteiger partial charge in [0.1, 0.15) is 5.82 Å². The Balaban J connectivity index is 1.93. The van der Waals surface area contributed by atoms with Gasteiger partial charge >= 0.3 is 0 Å². The van der Waals surface area contributed by atoms with E-state index in [4.69, 9.17) is 4.74 Å². The average molecular weight is 279 g/mol. The molecule has 0 aliphatic carbocycles. The van der Waals surface area contributed by atoms with Gasteiger partial charge in [0.05, 0.1) is 6.10 Å². The molecule has 20 heavy (non-hydrogen) atoms. The molecule has 0 saturated carbocycles. The molecule has 0 radical (unpaired) electrons. The minimum Gasteiger partial charge on any atom is -0.378 e. The van der Waals surface area contributed by atoms with E-state index < -0.39 is 0 Å². The van der Waals surface area contributed by atoms with Gasteiger partial charge in [0.2, 0.25) is 0 Å². The second-order valence-electron chi connectivity index (χ2n) is 6.02. The van der Waals surface area contributed by atoms with E-state index in [2.05, 4.69) is 19.2 Å². The molecular weight excluding hydrogens is 253 g/mol. The quantitative estimate of drug-likeness (QED) is 0.818. The van der Waals surface area contributed by atoms with Crippen molar-refractivity contribution in [2.45, 2.75) is 57.6 Å². The van der Waals surface area contributed by atoms with Crippen LogP contribution in [0.5, 0.6) is 0 Å². The molecule has 0 amide bonds. The number of halogens is 1. The predicted molar refractivity (Wildman–Crippen MR) is 80.5 cm³/mol. The molecule has 0 aromatic heterocycles. The average Bonchev–Trinajstić information content (AvgIpc) is 2.93. The molecule has 0 spiro atoms. The van der Waals surface area contributed by atoms with E-state index >= 15 is 0 Å². The Morgan fingerprint density at radius 2 is 2.05 bits per heavy atom. The van der Waals surface area contributed by atoms with Gasteiger partial charge in [0, 0.05) is 19.2 Å². The molecule has 1 aliphatic rings. The summed E-state index contributed by atoms with van der Waals surface area (Å²) in [5.41, 5.74) is 1.22. The van der Waals surface area contributed by atoms with Gasteiger partial charge in [-0.2, -0.15) is 0 Å². The van der Waals surface area contributed by atoms with Crippen molar-refractivity contribution in [2.75, 3.05) is 13.2 Å². The number of benzene rings is 1. The molecule has 1 fully saturated rings. The highest BCUT2D eigenvalue weighted by atomic mass is 19.1. The third-order valence-corrected chi connectivity index (χ3v) is 3.98. The zero-order valence-corrected chi connectivity index (χ0v) is 12.6. The summed E-state index contributed by atoms with van der Waals surface area (Å²) in [6.45, 7) is 6.16. The van der Waals surface area contributed by atoms with Crippen LogP contribution in [-0.4, -0.2) is 25.3 Å². The minimum absolute atomic E-state index is 0.163. The Bertz CT molecular complexity index is 384. The first-order valence-electron chi connectivity index (χ1n) is 7.75. The molecule has 1 aromatic carbocycles. The molecule has 112 valence electrons. The van der Waals surface area contributed by atoms with Crippen molar-refractivity contribution in [1.82, 2.24) is 5.32 Å². The van der Waals surface area contributed by atoms with Crippen LogP contribution in [0.1, 0.15) is 51.0 Å². The second-order valence-corrected chi connectivity index (χ2v) is 6.02. The van der Waals surface area contributed by atoms with Gasteiger partial charge in [-0.3, -0.25) is 0 Å². The molecule has 2 unspecified atom stereocenters. The number of hydrogen-bond donors (Lipinski definition) is 1. The van der Waals surface area contributed by atoms with Crippen LogP contribution in [-0.2, 0) is 4.74 Å². The molecule has 1 N–H and O–H groups in total. The lowest BCUT2D eigenvalue weighted by molar-refractivity contribution is 0.100. The molecular formula is C17H26FNO. The second kappa shape index (κ2) is 7.75. The highest BCUT2D eigenvalue weighted by molar-refractivity contribution is 5.21. The van der Waals surface area contributed by atoms with Gasteiger partial charge in [-0.15, -0.1) is 0 Å². The van der Waals surface area contributed by atoms with E-state index in [1.807, 2.05) is 12.1 Å². The van der Waals surface area contributed by atoms with E-state index in [1.165, 1.54) is 18.4 Å². The molecule has 0 bridgehead atoms. The lowest BCUT2D eigenvalue weighted by Gasteiger charge is -2.21. The monoisotopic (exact) mass is 279 g/mol. The first-order valence-corrected chi connectivity index (χ1v) is 7.75. The molecule has 1 heterocycles. The Morgan fingerprint density at radius 3 is 2.65 bits per heavy atom. The standard InChI is InChI=1S/C17H26FNO/c1-13(2)19-12-15(7-10-17-4-3-11-20-17)14-5-8-16(18)9-6-14/h5-6,8-9,13,15,17,19H,3-4,7,10-12H2,1-2H3. The van der Waals surface area contributed by atoms with Gasteiger partial charge in [-0.05, 0) is 49.3 Å². The van der Waals surface area contributed by atoms with Crippen molar-refractivity contribution < 1.29 is 9.13 Å². The van der Waals surface area contributed by atoms with Crippen molar-refractivity contribution >= 4 is 0 Å². The van der Waals surface area contributed by atoms with E-state index in [0.717, 1.165) is 26.0 Å². The molecule has 1 aliphatic heterocycles. The predicted octanol–water partition coefficient (Wildman–Crippen LogP) is 3.87. The molecule has 1 aromatic rings. The number of ether oxygens (including phenoxy) is 1. The van der Waals surface area contributed by atoms with Crippen molar-refractivity contribution in [2.24, 2.45) is 0 Å². The zero-order chi connectivity index (χ0) is 14.4. The van der Waals surface area contributed by atoms with Crippen LogP contribution in [0.15, 0.2) is 24.3 Å². The molecule has 2 nitrogen and oxygen atoms in total. The fraction of sp³-hybridized carbons (Fsp3) is 0.647. The van der Waals surface area contributed by atoms with Gasteiger partial charge in [-0.1, -0.05) is 26.0 Å². The van der Waals surface area contributed by atoms with Crippen LogP contribution < -0.4 is 5.32 Å². The van der Waals surface area contributed by atoms with Crippen LogP contribution in [0.25, 0.3) is 0 Å². The fourth-order valence-corrected chi connectivity index (χ4v) is 2.76. The molecule has 3 heteroatoms. The smallest absolute Gasteiger partial charge is 0.123 e. The van der Waals surface area contributed by atoms with Crippen molar-refractivity contribution in [3.05, 3.63) is 35.6 Å². The summed E-state index contributed by atoms with van der Waals surface area (Å²) in [5, 5.41) is 3.50. The third-order valence-electron chi connectivity index (χ3n) is 3.98. The summed E-state index contributed by atoms with van der Waals surface area (Å²) in [5.74, 6) is 0.269. The summed E-state index contributed by atoms with van der Waals surface area (Å²) < 4.78 is 18.8. The number of nitrogens with one attached hydrogen (secondary N) is 1. The summed E-state index contributed by atoms with van der Waals surface area (Å²) in [6.07, 6.45) is 5.00. The molecule has 2 rings (SSSR count). The van der Waals surface area contributed by atoms with Crippen molar-refractivity contribution in [3.8, 4) is 0 Å². The SMILES string of the molecule is CC(C)NCC(CCC1CCCO1)c1ccc(F)cc1. The Hall–Kier alpha value is -0.930. The lowest BCUT2D eigenvalue weighted by atomic mass is 9.92. The van der Waals surface area contributed by atoms with Gasteiger partial charge in [-0.25, -0.2) is 4.39 Å². The van der Waals surface area contributed by atoms with E-state index in [1.54, 1.807) is 12.1 Å². The zero-order valence-electron chi connectivity index (χ0n) is 12.6. The van der Waals surface area contributed by atoms with Gasteiger partial charge in [0.25, 0.3) is 0 Å². The Morgan fingerprint density at radius 1 is 1.30 bits per heavy atom. The largest absolute Gasteiger partial charge is 0.378 e. The normalized spacial score (nSPS) is 20.5. The summed E-state index contributed by atoms with van der Waals surface area (Å²) in [4.78, 5) is 0. The highest BCUT2D eigenvalue weighted by Gasteiger charge is 2.19. The van der Waals surface area contributed by atoms with E-state index in [0.29, 0.717) is 18.1 Å². The van der Waals surface area contributed by atoms with Crippen LogP contribution in [0.4, 0.5) is 4.39 Å². The molecule has 1 saturated heterocycles. The van der Waals surface area contributed by atoms with Crippen LogP contribution in [0.3, 0.4) is 0 Å². The molecule has 2 atom stereocenters. The van der Waals surface area contributed by atoms with Crippen LogP contribution >= 0.6 is 0 Å². The van der Waals surface area contributed by atoms with Gasteiger partial charge in [0.15, 0.2) is 0 Å². The lowest BCUT2D eigenvalue weighted by Crippen LogP contribution is -2.28. The first kappa shape index (κ1) is 15.5. The maximum absolute atomic E-state index is 13.1. The summed E-state index contributed by atoms with van der Waals surface area (Å²) in [7, 11) is 0. The maximum Gasteiger partial charge on any atom is 0.123 e. The Kier molecular flexibility index (Phi) is 5.99. The Labute approximate surface area is 121 Å². The van der Waals surface area contributed by atoms with Crippen molar-refractivity contribution in [3.63, 3.8) is 0 Å². The topological polar surface area (TPSA) is 21.3 Å². The number of rotatable bonds is 7. The first-order chi connectivity index (χ1) is 9.65. The minimum atomic E-state index is -0.163. The third kappa shape index (κ3) is 4.88. The van der Waals surface area contributed by atoms with Crippen molar-refractivity contribution in [1.29, 1.82) is 0 Å². The summed E-state index contributed by atoms with van der Waals surface area (Å²) in [6, 6.07) is 7.42. The van der Waals surface area contributed by atoms with E-state index in [-0.39, 0.29) is 5.82 Å². The number of hydrogen-bond acceptors (Lipinski definition) is 2. The summed E-state index contributed by atoms with van der Waals surface area (Å²) >= 11 is 0. The highest BCUT2D eigenvalue weighted by Crippen LogP contribution is 2.25. The fourth-order valence-electron chi connectivity index (χ4n) is 2.76. The maximum atomic E-state index is 13.1. The van der Waals surface area contributed by atoms with Crippen LogP contribution in [0, 0.1) is 5.82 Å². The van der Waals surface area contributed by atoms with E-state index in [9.17, 15) is 4.39 Å².